The fourth-order valence-corrected chi connectivity index (χ4v) is 4.14. The molecule has 1 saturated carbocycles. The van der Waals surface area contributed by atoms with Gasteiger partial charge in [0.1, 0.15) is 17.5 Å². The summed E-state index contributed by atoms with van der Waals surface area (Å²) in [7, 11) is 0. The molecule has 1 saturated heterocycles. The molecule has 0 radical (unpaired) electrons. The minimum absolute atomic E-state index is 0.583. The Morgan fingerprint density at radius 1 is 1.12 bits per heavy atom. The van der Waals surface area contributed by atoms with Crippen LogP contribution in [-0.4, -0.2) is 32.6 Å². The number of rotatable bonds is 5. The van der Waals surface area contributed by atoms with Gasteiger partial charge in [-0.25, -0.2) is 15.0 Å². The van der Waals surface area contributed by atoms with Crippen molar-refractivity contribution < 1.29 is 0 Å². The summed E-state index contributed by atoms with van der Waals surface area (Å²) in [5, 5.41) is 0. The predicted molar refractivity (Wildman–Crippen MR) is 99.9 cm³/mol. The van der Waals surface area contributed by atoms with E-state index >= 15 is 0 Å². The van der Waals surface area contributed by atoms with Crippen LogP contribution in [0.25, 0.3) is 0 Å². The molecule has 1 aliphatic heterocycles. The zero-order valence-corrected chi connectivity index (χ0v) is 15.5. The molecule has 0 amide bonds. The smallest absolute Gasteiger partial charge is 0.135 e. The lowest BCUT2D eigenvalue weighted by Gasteiger charge is -2.34. The molecule has 1 aliphatic carbocycles. The van der Waals surface area contributed by atoms with E-state index in [4.69, 9.17) is 9.97 Å². The lowest BCUT2D eigenvalue weighted by molar-refractivity contribution is 0.270. The van der Waals surface area contributed by atoms with Crippen molar-refractivity contribution in [1.29, 1.82) is 0 Å². The van der Waals surface area contributed by atoms with Gasteiger partial charge in [0.25, 0.3) is 0 Å². The normalized spacial score (nSPS) is 19.2. The maximum atomic E-state index is 4.73. The molecular formula is C20H29N5. The van der Waals surface area contributed by atoms with Gasteiger partial charge in [-0.3, -0.25) is 0 Å². The van der Waals surface area contributed by atoms with Gasteiger partial charge in [-0.05, 0) is 44.9 Å². The highest BCUT2D eigenvalue weighted by Crippen LogP contribution is 2.33. The topological polar surface area (TPSA) is 46.8 Å². The maximum Gasteiger partial charge on any atom is 0.135 e. The summed E-state index contributed by atoms with van der Waals surface area (Å²) in [6, 6.07) is 0. The molecule has 0 bridgehead atoms. The van der Waals surface area contributed by atoms with Crippen molar-refractivity contribution in [2.45, 2.75) is 64.8 Å². The lowest BCUT2D eigenvalue weighted by atomic mass is 9.85. The quantitative estimate of drug-likeness (QED) is 0.833. The highest BCUT2D eigenvalue weighted by Gasteiger charge is 2.27. The first-order chi connectivity index (χ1) is 12.2. The summed E-state index contributed by atoms with van der Waals surface area (Å²) in [5.41, 5.74) is 1.26. The number of imidazole rings is 1. The average molecular weight is 339 g/mol. The Hall–Kier alpha value is -1.91. The van der Waals surface area contributed by atoms with Gasteiger partial charge in [0, 0.05) is 49.7 Å². The fourth-order valence-electron chi connectivity index (χ4n) is 4.14. The van der Waals surface area contributed by atoms with Gasteiger partial charge >= 0.3 is 0 Å². The Bertz CT molecular complexity index is 711. The van der Waals surface area contributed by atoms with Crippen molar-refractivity contribution in [2.24, 2.45) is 5.92 Å². The number of hydrogen-bond acceptors (Lipinski definition) is 4. The molecule has 0 unspecified atom stereocenters. The Kier molecular flexibility index (Phi) is 4.73. The summed E-state index contributed by atoms with van der Waals surface area (Å²) >= 11 is 0. The molecule has 4 rings (SSSR count). The molecule has 0 aromatic carbocycles. The SMILES string of the molecule is CCc1cnc(C)nc1N1CCC(c2nccn2CC2CCC2)CC1. The molecule has 5 nitrogen and oxygen atoms in total. The summed E-state index contributed by atoms with van der Waals surface area (Å²) in [5.74, 6) is 4.78. The Labute approximate surface area is 150 Å². The van der Waals surface area contributed by atoms with E-state index in [1.54, 1.807) is 0 Å². The van der Waals surface area contributed by atoms with Crippen LogP contribution in [0.5, 0.6) is 0 Å². The standard InChI is InChI=1S/C20H29N5/c1-3-17-13-22-15(2)23-20(17)24-10-7-18(8-11-24)19-21-9-12-25(19)14-16-5-4-6-16/h9,12-13,16,18H,3-8,10-11,14H2,1-2H3. The number of hydrogen-bond donors (Lipinski definition) is 0. The molecule has 2 fully saturated rings. The minimum Gasteiger partial charge on any atom is -0.356 e. The molecule has 0 N–H and O–H groups in total. The first kappa shape index (κ1) is 16.6. The third kappa shape index (κ3) is 3.42. The van der Waals surface area contributed by atoms with E-state index in [1.165, 1.54) is 37.2 Å². The largest absolute Gasteiger partial charge is 0.356 e. The molecule has 2 aliphatic rings. The second-order valence-electron chi connectivity index (χ2n) is 7.62. The van der Waals surface area contributed by atoms with Crippen LogP contribution in [0, 0.1) is 12.8 Å². The van der Waals surface area contributed by atoms with E-state index in [0.29, 0.717) is 5.92 Å². The zero-order chi connectivity index (χ0) is 17.2. The van der Waals surface area contributed by atoms with Crippen LogP contribution in [0.3, 0.4) is 0 Å². The van der Waals surface area contributed by atoms with Crippen molar-refractivity contribution in [1.82, 2.24) is 19.5 Å². The van der Waals surface area contributed by atoms with Crippen molar-refractivity contribution in [3.05, 3.63) is 35.8 Å². The number of piperidine rings is 1. The van der Waals surface area contributed by atoms with Gasteiger partial charge in [-0.15, -0.1) is 0 Å². The maximum absolute atomic E-state index is 4.73. The molecule has 25 heavy (non-hydrogen) atoms. The monoisotopic (exact) mass is 339 g/mol. The highest BCUT2D eigenvalue weighted by atomic mass is 15.2. The van der Waals surface area contributed by atoms with E-state index in [0.717, 1.165) is 49.9 Å². The molecular weight excluding hydrogens is 310 g/mol. The number of nitrogens with zero attached hydrogens (tertiary/aromatic N) is 5. The van der Waals surface area contributed by atoms with E-state index in [-0.39, 0.29) is 0 Å². The second kappa shape index (κ2) is 7.14. The molecule has 2 aromatic rings. The summed E-state index contributed by atoms with van der Waals surface area (Å²) in [6.07, 6.45) is 13.7. The molecule has 0 spiro atoms. The van der Waals surface area contributed by atoms with Crippen LogP contribution in [0.2, 0.25) is 0 Å². The summed E-state index contributed by atoms with van der Waals surface area (Å²) < 4.78 is 2.43. The van der Waals surface area contributed by atoms with Crippen LogP contribution in [0.15, 0.2) is 18.6 Å². The zero-order valence-electron chi connectivity index (χ0n) is 15.5. The second-order valence-corrected chi connectivity index (χ2v) is 7.62. The lowest BCUT2D eigenvalue weighted by Crippen LogP contribution is -2.35. The number of aromatic nitrogens is 4. The minimum atomic E-state index is 0.583. The van der Waals surface area contributed by atoms with Crippen LogP contribution in [0.1, 0.15) is 62.2 Å². The molecule has 3 heterocycles. The molecule has 5 heteroatoms. The van der Waals surface area contributed by atoms with Gasteiger partial charge in [0.2, 0.25) is 0 Å². The highest BCUT2D eigenvalue weighted by molar-refractivity contribution is 5.46. The molecule has 134 valence electrons. The third-order valence-electron chi connectivity index (χ3n) is 5.93. The third-order valence-corrected chi connectivity index (χ3v) is 5.93. The van der Waals surface area contributed by atoms with Gasteiger partial charge in [-0.1, -0.05) is 13.3 Å². The van der Waals surface area contributed by atoms with Crippen LogP contribution < -0.4 is 4.90 Å². The van der Waals surface area contributed by atoms with Crippen LogP contribution in [-0.2, 0) is 13.0 Å². The van der Waals surface area contributed by atoms with E-state index in [9.17, 15) is 0 Å². The van der Waals surface area contributed by atoms with Crippen LogP contribution in [0.4, 0.5) is 5.82 Å². The van der Waals surface area contributed by atoms with Gasteiger partial charge in [0.15, 0.2) is 0 Å². The van der Waals surface area contributed by atoms with Gasteiger partial charge < -0.3 is 9.47 Å². The van der Waals surface area contributed by atoms with Gasteiger partial charge in [-0.2, -0.15) is 0 Å². The van der Waals surface area contributed by atoms with Crippen molar-refractivity contribution in [3.63, 3.8) is 0 Å². The Morgan fingerprint density at radius 2 is 1.92 bits per heavy atom. The van der Waals surface area contributed by atoms with E-state index in [2.05, 4.69) is 27.6 Å². The summed E-state index contributed by atoms with van der Waals surface area (Å²) in [4.78, 5) is 16.3. The number of anilines is 1. The first-order valence-electron chi connectivity index (χ1n) is 9.83. The van der Waals surface area contributed by atoms with E-state index < -0.39 is 0 Å². The van der Waals surface area contributed by atoms with Crippen molar-refractivity contribution in [3.8, 4) is 0 Å². The summed E-state index contributed by atoms with van der Waals surface area (Å²) in [6.45, 7) is 7.45. The van der Waals surface area contributed by atoms with Crippen LogP contribution >= 0.6 is 0 Å². The van der Waals surface area contributed by atoms with Crippen molar-refractivity contribution >= 4 is 5.82 Å². The fraction of sp³-hybridized carbons (Fsp3) is 0.650. The van der Waals surface area contributed by atoms with E-state index in [1.807, 2.05) is 19.3 Å². The van der Waals surface area contributed by atoms with Gasteiger partial charge in [0.05, 0.1) is 0 Å². The predicted octanol–water partition coefficient (Wildman–Crippen LogP) is 3.73. The average Bonchev–Trinajstić information content (AvgIpc) is 3.06. The Balaban J connectivity index is 1.43. The Morgan fingerprint density at radius 3 is 2.60 bits per heavy atom. The number of aryl methyl sites for hydroxylation is 2. The molecule has 2 aromatic heterocycles. The molecule has 0 atom stereocenters. The first-order valence-corrected chi connectivity index (χ1v) is 9.83. The van der Waals surface area contributed by atoms with Crippen molar-refractivity contribution in [2.75, 3.05) is 18.0 Å².